The number of rotatable bonds is 4. The number of aromatic carboxylic acids is 1. The van der Waals surface area contributed by atoms with Crippen molar-refractivity contribution in [2.24, 2.45) is 0 Å². The van der Waals surface area contributed by atoms with Crippen LogP contribution < -0.4 is 10.6 Å². The van der Waals surface area contributed by atoms with Crippen molar-refractivity contribution in [2.75, 3.05) is 5.32 Å². The lowest BCUT2D eigenvalue weighted by molar-refractivity contribution is 0.0698. The van der Waals surface area contributed by atoms with E-state index in [4.69, 9.17) is 21.7 Å². The smallest absolute Gasteiger partial charge is 0.337 e. The maximum Gasteiger partial charge on any atom is 0.337 e. The molecule has 2 rings (SSSR count). The van der Waals surface area contributed by atoms with E-state index in [2.05, 4.69) is 10.6 Å². The lowest BCUT2D eigenvalue weighted by atomic mass is 10.2. The number of thiocarbonyl (C=S) groups is 1. The lowest BCUT2D eigenvalue weighted by Crippen LogP contribution is -2.28. The third-order valence-corrected chi connectivity index (χ3v) is 2.66. The first-order valence-corrected chi connectivity index (χ1v) is 5.97. The van der Waals surface area contributed by atoms with E-state index in [9.17, 15) is 4.79 Å². The molecule has 3 N–H and O–H groups in total. The van der Waals surface area contributed by atoms with E-state index in [-0.39, 0.29) is 5.56 Å². The van der Waals surface area contributed by atoms with Crippen molar-refractivity contribution in [1.29, 1.82) is 0 Å². The molecule has 98 valence electrons. The molecule has 0 atom stereocenters. The first-order chi connectivity index (χ1) is 9.16. The van der Waals surface area contributed by atoms with E-state index in [1.807, 2.05) is 6.07 Å². The fraction of sp³-hybridized carbons (Fsp3) is 0.0769. The van der Waals surface area contributed by atoms with E-state index >= 15 is 0 Å². The Balaban J connectivity index is 1.97. The zero-order valence-electron chi connectivity index (χ0n) is 9.92. The molecular weight excluding hydrogens is 264 g/mol. The van der Waals surface area contributed by atoms with E-state index in [1.165, 1.54) is 6.07 Å². The van der Waals surface area contributed by atoms with Gasteiger partial charge in [0.15, 0.2) is 5.11 Å². The molecule has 0 aliphatic rings. The Hall–Kier alpha value is -2.34. The van der Waals surface area contributed by atoms with Gasteiger partial charge in [-0.3, -0.25) is 0 Å². The van der Waals surface area contributed by atoms with Gasteiger partial charge < -0.3 is 20.2 Å². The summed E-state index contributed by atoms with van der Waals surface area (Å²) in [5.41, 5.74) is 0.622. The van der Waals surface area contributed by atoms with Gasteiger partial charge in [0, 0.05) is 0 Å². The summed E-state index contributed by atoms with van der Waals surface area (Å²) < 4.78 is 5.15. The van der Waals surface area contributed by atoms with Gasteiger partial charge in [0.05, 0.1) is 24.1 Å². The molecule has 19 heavy (non-hydrogen) atoms. The van der Waals surface area contributed by atoms with Gasteiger partial charge in [0.25, 0.3) is 0 Å². The SMILES string of the molecule is O=C(O)c1ccccc1NC(=S)NCc1ccco1. The Morgan fingerprint density at radius 1 is 1.26 bits per heavy atom. The summed E-state index contributed by atoms with van der Waals surface area (Å²) >= 11 is 5.10. The summed E-state index contributed by atoms with van der Waals surface area (Å²) in [6.07, 6.45) is 1.58. The second-order valence-electron chi connectivity index (χ2n) is 3.74. The summed E-state index contributed by atoms with van der Waals surface area (Å²) in [7, 11) is 0. The van der Waals surface area contributed by atoms with Gasteiger partial charge in [-0.15, -0.1) is 0 Å². The highest BCUT2D eigenvalue weighted by molar-refractivity contribution is 7.80. The first kappa shape index (κ1) is 13.1. The van der Waals surface area contributed by atoms with Gasteiger partial charge in [0.1, 0.15) is 5.76 Å². The van der Waals surface area contributed by atoms with Gasteiger partial charge in [-0.2, -0.15) is 0 Å². The van der Waals surface area contributed by atoms with Gasteiger partial charge >= 0.3 is 5.97 Å². The number of carboxylic acid groups (broad SMARTS) is 1. The minimum absolute atomic E-state index is 0.171. The van der Waals surface area contributed by atoms with Gasteiger partial charge in [-0.1, -0.05) is 12.1 Å². The number of benzene rings is 1. The fourth-order valence-corrected chi connectivity index (χ4v) is 1.71. The molecule has 2 aromatic rings. The quantitative estimate of drug-likeness (QED) is 0.745. The largest absolute Gasteiger partial charge is 0.478 e. The van der Waals surface area contributed by atoms with Crippen LogP contribution in [0, 0.1) is 0 Å². The van der Waals surface area contributed by atoms with Crippen molar-refractivity contribution in [1.82, 2.24) is 5.32 Å². The summed E-state index contributed by atoms with van der Waals surface area (Å²) in [6.45, 7) is 0.439. The van der Waals surface area contributed by atoms with Crippen molar-refractivity contribution in [2.45, 2.75) is 6.54 Å². The molecule has 1 aromatic carbocycles. The zero-order valence-corrected chi connectivity index (χ0v) is 10.7. The van der Waals surface area contributed by atoms with Crippen LogP contribution in [0.1, 0.15) is 16.1 Å². The monoisotopic (exact) mass is 276 g/mol. The number of hydrogen-bond acceptors (Lipinski definition) is 3. The van der Waals surface area contributed by atoms with Crippen LogP contribution in [0.15, 0.2) is 47.1 Å². The van der Waals surface area contributed by atoms with E-state index in [0.717, 1.165) is 5.76 Å². The maximum atomic E-state index is 11.0. The highest BCUT2D eigenvalue weighted by atomic mass is 32.1. The van der Waals surface area contributed by atoms with E-state index < -0.39 is 5.97 Å². The molecule has 0 aliphatic carbocycles. The highest BCUT2D eigenvalue weighted by Crippen LogP contribution is 2.14. The summed E-state index contributed by atoms with van der Waals surface area (Å²) in [6, 6.07) is 10.2. The molecule has 0 unspecified atom stereocenters. The molecule has 6 heteroatoms. The highest BCUT2D eigenvalue weighted by Gasteiger charge is 2.09. The minimum atomic E-state index is -1.00. The molecule has 0 saturated carbocycles. The minimum Gasteiger partial charge on any atom is -0.478 e. The summed E-state index contributed by atoms with van der Waals surface area (Å²) in [5.74, 6) is -0.257. The van der Waals surface area contributed by atoms with Gasteiger partial charge in [-0.25, -0.2) is 4.79 Å². The molecule has 0 spiro atoms. The second-order valence-corrected chi connectivity index (χ2v) is 4.15. The molecule has 1 heterocycles. The molecule has 1 aromatic heterocycles. The fourth-order valence-electron chi connectivity index (χ4n) is 1.53. The number of hydrogen-bond donors (Lipinski definition) is 3. The second kappa shape index (κ2) is 6.01. The Morgan fingerprint density at radius 2 is 2.05 bits per heavy atom. The molecule has 0 amide bonds. The van der Waals surface area contributed by atoms with Crippen molar-refractivity contribution in [3.8, 4) is 0 Å². The normalized spacial score (nSPS) is 9.89. The molecule has 0 bridgehead atoms. The molecule has 5 nitrogen and oxygen atoms in total. The van der Waals surface area contributed by atoms with Crippen molar-refractivity contribution in [3.63, 3.8) is 0 Å². The van der Waals surface area contributed by atoms with Crippen LogP contribution in [0.25, 0.3) is 0 Å². The predicted octanol–water partition coefficient (Wildman–Crippen LogP) is 2.46. The van der Waals surface area contributed by atoms with Gasteiger partial charge in [0.2, 0.25) is 0 Å². The first-order valence-electron chi connectivity index (χ1n) is 5.56. The van der Waals surface area contributed by atoms with Gasteiger partial charge in [-0.05, 0) is 36.5 Å². The standard InChI is InChI=1S/C13H12N2O3S/c16-12(17)10-5-1-2-6-11(10)15-13(19)14-8-9-4-3-7-18-9/h1-7H,8H2,(H,16,17)(H2,14,15,19). The van der Waals surface area contributed by atoms with E-state index in [0.29, 0.717) is 17.3 Å². The number of carboxylic acids is 1. The van der Waals surface area contributed by atoms with Crippen LogP contribution in [-0.2, 0) is 6.54 Å². The van der Waals surface area contributed by atoms with Crippen LogP contribution in [0.5, 0.6) is 0 Å². The number of para-hydroxylation sites is 1. The number of nitrogens with one attached hydrogen (secondary N) is 2. The maximum absolute atomic E-state index is 11.0. The summed E-state index contributed by atoms with van der Waals surface area (Å²) in [5, 5.41) is 15.2. The third-order valence-electron chi connectivity index (χ3n) is 2.41. The molecule has 0 saturated heterocycles. The van der Waals surface area contributed by atoms with Crippen LogP contribution in [0.4, 0.5) is 5.69 Å². The third kappa shape index (κ3) is 3.56. The molecule has 0 radical (unpaired) electrons. The predicted molar refractivity (Wildman–Crippen MR) is 75.2 cm³/mol. The number of anilines is 1. The Morgan fingerprint density at radius 3 is 2.74 bits per heavy atom. The van der Waals surface area contributed by atoms with E-state index in [1.54, 1.807) is 30.5 Å². The van der Waals surface area contributed by atoms with Crippen molar-refractivity contribution in [3.05, 3.63) is 54.0 Å². The average Bonchev–Trinajstić information content (AvgIpc) is 2.90. The molecule has 0 aliphatic heterocycles. The Kier molecular flexibility index (Phi) is 4.15. The number of furan rings is 1. The average molecular weight is 276 g/mol. The van der Waals surface area contributed by atoms with Crippen LogP contribution in [-0.4, -0.2) is 16.2 Å². The molecular formula is C13H12N2O3S. The van der Waals surface area contributed by atoms with Crippen molar-refractivity contribution >= 4 is 29.0 Å². The Bertz CT molecular complexity index is 581. The lowest BCUT2D eigenvalue weighted by Gasteiger charge is -2.11. The Labute approximate surface area is 115 Å². The topological polar surface area (TPSA) is 74.5 Å². The van der Waals surface area contributed by atoms with Crippen LogP contribution in [0.2, 0.25) is 0 Å². The van der Waals surface area contributed by atoms with Crippen LogP contribution >= 0.6 is 12.2 Å². The zero-order chi connectivity index (χ0) is 13.7. The molecule has 0 fully saturated rings. The van der Waals surface area contributed by atoms with Crippen molar-refractivity contribution < 1.29 is 14.3 Å². The van der Waals surface area contributed by atoms with Crippen LogP contribution in [0.3, 0.4) is 0 Å². The number of carbonyl (C=O) groups is 1. The summed E-state index contributed by atoms with van der Waals surface area (Å²) in [4.78, 5) is 11.0.